The first-order chi connectivity index (χ1) is 7.51. The lowest BCUT2D eigenvalue weighted by atomic mass is 10.1. The molecule has 0 aliphatic heterocycles. The third-order valence-corrected chi connectivity index (χ3v) is 2.74. The highest BCUT2D eigenvalue weighted by molar-refractivity contribution is 6.35. The molecule has 0 saturated carbocycles. The number of halogens is 2. The fourth-order valence-electron chi connectivity index (χ4n) is 1.49. The van der Waals surface area contributed by atoms with Gasteiger partial charge in [0.05, 0.1) is 18.2 Å². The number of rotatable bonds is 4. The number of hydrogen-bond donors (Lipinski definition) is 0. The van der Waals surface area contributed by atoms with E-state index in [0.29, 0.717) is 21.4 Å². The van der Waals surface area contributed by atoms with Gasteiger partial charge in [-0.1, -0.05) is 23.2 Å². The second kappa shape index (κ2) is 5.53. The summed E-state index contributed by atoms with van der Waals surface area (Å²) in [5.41, 5.74) is 0.667. The molecule has 0 N–H and O–H groups in total. The van der Waals surface area contributed by atoms with Crippen LogP contribution in [0.2, 0.25) is 10.0 Å². The molecule has 16 heavy (non-hydrogen) atoms. The Morgan fingerprint density at radius 1 is 1.38 bits per heavy atom. The van der Waals surface area contributed by atoms with E-state index < -0.39 is 6.04 Å². The number of likely N-dealkylation sites (N-methyl/N-ethyl adjacent to an activating group) is 1. The Kier molecular flexibility index (Phi) is 4.59. The maximum atomic E-state index is 11.1. The van der Waals surface area contributed by atoms with Crippen LogP contribution < -0.4 is 4.74 Å². The normalized spacial score (nSPS) is 12.6. The lowest BCUT2D eigenvalue weighted by Gasteiger charge is -2.21. The van der Waals surface area contributed by atoms with E-state index in [4.69, 9.17) is 27.9 Å². The Morgan fingerprint density at radius 2 is 2.00 bits per heavy atom. The lowest BCUT2D eigenvalue weighted by molar-refractivity contribution is -0.111. The third-order valence-electron chi connectivity index (χ3n) is 2.25. The van der Waals surface area contributed by atoms with Crippen molar-refractivity contribution in [1.29, 1.82) is 0 Å². The Morgan fingerprint density at radius 3 is 2.44 bits per heavy atom. The Hall–Kier alpha value is -0.770. The van der Waals surface area contributed by atoms with Crippen LogP contribution in [0.25, 0.3) is 0 Å². The van der Waals surface area contributed by atoms with Crippen molar-refractivity contribution in [1.82, 2.24) is 4.90 Å². The van der Waals surface area contributed by atoms with E-state index in [-0.39, 0.29) is 0 Å². The topological polar surface area (TPSA) is 29.5 Å². The molecule has 5 heteroatoms. The van der Waals surface area contributed by atoms with Crippen molar-refractivity contribution in [2.45, 2.75) is 6.04 Å². The number of nitrogens with zero attached hydrogens (tertiary/aromatic N) is 1. The smallest absolute Gasteiger partial charge is 0.142 e. The maximum absolute atomic E-state index is 11.1. The van der Waals surface area contributed by atoms with Crippen molar-refractivity contribution in [2.24, 2.45) is 0 Å². The molecule has 3 nitrogen and oxygen atoms in total. The van der Waals surface area contributed by atoms with Gasteiger partial charge in [-0.3, -0.25) is 4.90 Å². The Labute approximate surface area is 105 Å². The summed E-state index contributed by atoms with van der Waals surface area (Å²) < 4.78 is 5.19. The molecule has 1 atom stereocenters. The van der Waals surface area contributed by atoms with Gasteiger partial charge in [0.1, 0.15) is 12.0 Å². The Bertz CT molecular complexity index is 394. The number of carbonyl (C=O) groups is 1. The molecule has 0 fully saturated rings. The summed E-state index contributed by atoms with van der Waals surface area (Å²) in [6, 6.07) is 2.85. The van der Waals surface area contributed by atoms with Gasteiger partial charge in [0.15, 0.2) is 0 Å². The average molecular weight is 262 g/mol. The van der Waals surface area contributed by atoms with Crippen LogP contribution in [0.15, 0.2) is 12.1 Å². The minimum atomic E-state index is -0.425. The van der Waals surface area contributed by atoms with Gasteiger partial charge >= 0.3 is 0 Å². The van der Waals surface area contributed by atoms with Gasteiger partial charge in [0.25, 0.3) is 0 Å². The zero-order valence-corrected chi connectivity index (χ0v) is 10.8. The molecule has 0 aliphatic rings. The van der Waals surface area contributed by atoms with Crippen LogP contribution in [0.5, 0.6) is 5.75 Å². The van der Waals surface area contributed by atoms with Crippen molar-refractivity contribution in [2.75, 3.05) is 21.2 Å². The molecular weight excluding hydrogens is 249 g/mol. The highest BCUT2D eigenvalue weighted by atomic mass is 35.5. The van der Waals surface area contributed by atoms with Crippen molar-refractivity contribution in [3.05, 3.63) is 27.7 Å². The van der Waals surface area contributed by atoms with Crippen LogP contribution in [0.4, 0.5) is 0 Å². The molecule has 0 bridgehead atoms. The van der Waals surface area contributed by atoms with E-state index in [2.05, 4.69) is 0 Å². The first-order valence-corrected chi connectivity index (χ1v) is 5.41. The third kappa shape index (κ3) is 2.67. The molecule has 88 valence electrons. The summed E-state index contributed by atoms with van der Waals surface area (Å²) in [6.45, 7) is 0. The van der Waals surface area contributed by atoms with Crippen LogP contribution in [-0.2, 0) is 4.79 Å². The molecule has 1 rings (SSSR count). The fourth-order valence-corrected chi connectivity index (χ4v) is 2.07. The molecule has 0 radical (unpaired) electrons. The first kappa shape index (κ1) is 13.3. The van der Waals surface area contributed by atoms with Gasteiger partial charge in [-0.15, -0.1) is 0 Å². The molecular formula is C11H13Cl2NO2. The monoisotopic (exact) mass is 261 g/mol. The van der Waals surface area contributed by atoms with E-state index in [9.17, 15) is 4.79 Å². The zero-order valence-electron chi connectivity index (χ0n) is 9.33. The van der Waals surface area contributed by atoms with Crippen LogP contribution in [0.3, 0.4) is 0 Å². The number of carbonyl (C=O) groups excluding carboxylic acids is 1. The molecule has 0 heterocycles. The number of hydrogen-bond acceptors (Lipinski definition) is 3. The second-order valence-electron chi connectivity index (χ2n) is 3.55. The molecule has 0 saturated heterocycles. The summed E-state index contributed by atoms with van der Waals surface area (Å²) in [7, 11) is 5.11. The zero-order chi connectivity index (χ0) is 12.3. The highest BCUT2D eigenvalue weighted by Crippen LogP contribution is 2.36. The van der Waals surface area contributed by atoms with Crippen LogP contribution in [-0.4, -0.2) is 32.4 Å². The van der Waals surface area contributed by atoms with Crippen molar-refractivity contribution >= 4 is 29.5 Å². The molecule has 1 aromatic rings. The highest BCUT2D eigenvalue weighted by Gasteiger charge is 2.20. The van der Waals surface area contributed by atoms with Crippen LogP contribution in [0, 0.1) is 0 Å². The SMILES string of the molecule is COc1c(Cl)cc(Cl)cc1C(C=O)N(C)C. The molecule has 1 unspecified atom stereocenters. The van der Waals surface area contributed by atoms with Crippen molar-refractivity contribution < 1.29 is 9.53 Å². The van der Waals surface area contributed by atoms with E-state index >= 15 is 0 Å². The van der Waals surface area contributed by atoms with Gasteiger partial charge in [0, 0.05) is 10.6 Å². The van der Waals surface area contributed by atoms with E-state index in [1.54, 1.807) is 31.1 Å². The van der Waals surface area contributed by atoms with Gasteiger partial charge in [-0.2, -0.15) is 0 Å². The predicted molar refractivity (Wildman–Crippen MR) is 65.5 cm³/mol. The molecule has 0 aliphatic carbocycles. The van der Waals surface area contributed by atoms with Crippen molar-refractivity contribution in [3.63, 3.8) is 0 Å². The summed E-state index contributed by atoms with van der Waals surface area (Å²) >= 11 is 11.9. The molecule has 0 amide bonds. The van der Waals surface area contributed by atoms with Gasteiger partial charge < -0.3 is 9.53 Å². The van der Waals surface area contributed by atoms with Gasteiger partial charge in [-0.05, 0) is 26.2 Å². The number of benzene rings is 1. The second-order valence-corrected chi connectivity index (χ2v) is 4.40. The summed E-state index contributed by atoms with van der Waals surface area (Å²) in [5, 5.41) is 0.883. The first-order valence-electron chi connectivity index (χ1n) is 4.66. The number of ether oxygens (including phenoxy) is 1. The van der Waals surface area contributed by atoms with Crippen LogP contribution >= 0.6 is 23.2 Å². The van der Waals surface area contributed by atoms with Crippen LogP contribution in [0.1, 0.15) is 11.6 Å². The standard InChI is InChI=1S/C11H13Cl2NO2/c1-14(2)10(6-15)8-4-7(12)5-9(13)11(8)16-3/h4-6,10H,1-3H3. The minimum absolute atomic E-state index is 0.402. The largest absolute Gasteiger partial charge is 0.495 e. The summed E-state index contributed by atoms with van der Waals surface area (Å²) in [6.07, 6.45) is 0.824. The quantitative estimate of drug-likeness (QED) is 0.781. The maximum Gasteiger partial charge on any atom is 0.142 e. The van der Waals surface area contributed by atoms with E-state index in [1.165, 1.54) is 7.11 Å². The van der Waals surface area contributed by atoms with Crippen molar-refractivity contribution in [3.8, 4) is 5.75 Å². The van der Waals surface area contributed by atoms with E-state index in [1.807, 2.05) is 0 Å². The number of methoxy groups -OCH3 is 1. The summed E-state index contributed by atoms with van der Waals surface area (Å²) in [5.74, 6) is 0.483. The average Bonchev–Trinajstić information content (AvgIpc) is 2.17. The van der Waals surface area contributed by atoms with Gasteiger partial charge in [-0.25, -0.2) is 0 Å². The predicted octanol–water partition coefficient (Wildman–Crippen LogP) is 2.80. The minimum Gasteiger partial charge on any atom is -0.495 e. The fraction of sp³-hybridized carbons (Fsp3) is 0.364. The lowest BCUT2D eigenvalue weighted by Crippen LogP contribution is -2.21. The summed E-state index contributed by atoms with van der Waals surface area (Å²) in [4.78, 5) is 12.8. The molecule has 0 spiro atoms. The van der Waals surface area contributed by atoms with Gasteiger partial charge in [0.2, 0.25) is 0 Å². The Balaban J connectivity index is 3.34. The molecule has 0 aromatic heterocycles. The number of aldehydes is 1. The van der Waals surface area contributed by atoms with E-state index in [0.717, 1.165) is 6.29 Å². The molecule has 1 aromatic carbocycles.